The zero-order valence-corrected chi connectivity index (χ0v) is 9.80. The molecular weight excluding hydrogens is 237 g/mol. The van der Waals surface area contributed by atoms with Gasteiger partial charge in [-0.2, -0.15) is 0 Å². The molecule has 1 aromatic carbocycles. The lowest BCUT2D eigenvalue weighted by atomic mass is 9.92. The van der Waals surface area contributed by atoms with Crippen molar-refractivity contribution in [2.45, 2.75) is 18.9 Å². The summed E-state index contributed by atoms with van der Waals surface area (Å²) in [7, 11) is 0. The third-order valence-electron chi connectivity index (χ3n) is 3.09. The molecule has 2 rings (SSSR count). The topological polar surface area (TPSA) is 57.6 Å². The van der Waals surface area contributed by atoms with Gasteiger partial charge in [-0.15, -0.1) is 0 Å². The van der Waals surface area contributed by atoms with E-state index in [9.17, 15) is 19.1 Å². The quantitative estimate of drug-likeness (QED) is 0.883. The summed E-state index contributed by atoms with van der Waals surface area (Å²) < 4.78 is 12.2. The van der Waals surface area contributed by atoms with E-state index in [-0.39, 0.29) is 25.3 Å². The number of hydrogen-bond donors (Lipinski definition) is 1. The number of hydrogen-bond acceptors (Lipinski definition) is 2. The molecule has 0 saturated carbocycles. The molecular formula is C13H14FNO3. The lowest BCUT2D eigenvalue weighted by Crippen LogP contribution is -2.44. The first-order valence-corrected chi connectivity index (χ1v) is 5.81. The van der Waals surface area contributed by atoms with Gasteiger partial charge in [-0.3, -0.25) is 9.18 Å². The van der Waals surface area contributed by atoms with Crippen LogP contribution in [0.25, 0.3) is 0 Å². The lowest BCUT2D eigenvalue weighted by molar-refractivity contribution is -0.151. The van der Waals surface area contributed by atoms with Crippen LogP contribution in [0.4, 0.5) is 4.39 Å². The van der Waals surface area contributed by atoms with Crippen LogP contribution in [-0.4, -0.2) is 35.1 Å². The van der Waals surface area contributed by atoms with E-state index in [1.165, 1.54) is 4.90 Å². The predicted octanol–water partition coefficient (Wildman–Crippen LogP) is 1.56. The van der Waals surface area contributed by atoms with Gasteiger partial charge in [-0.25, -0.2) is 4.79 Å². The van der Waals surface area contributed by atoms with Crippen molar-refractivity contribution in [2.75, 3.05) is 13.2 Å². The Balaban J connectivity index is 2.37. The van der Waals surface area contributed by atoms with Crippen molar-refractivity contribution in [3.05, 3.63) is 35.4 Å². The Labute approximate surface area is 104 Å². The summed E-state index contributed by atoms with van der Waals surface area (Å²) in [5.74, 6) is -1.33. The highest BCUT2D eigenvalue weighted by molar-refractivity contribution is 5.89. The number of fused-ring (bicyclic) bond motifs is 1. The maximum atomic E-state index is 12.2. The second-order valence-corrected chi connectivity index (χ2v) is 4.25. The van der Waals surface area contributed by atoms with Crippen molar-refractivity contribution < 1.29 is 19.1 Å². The van der Waals surface area contributed by atoms with Gasteiger partial charge in [0.15, 0.2) is 6.04 Å². The number of nitrogens with zero attached hydrogens (tertiary/aromatic N) is 1. The fourth-order valence-corrected chi connectivity index (χ4v) is 2.29. The SMILES string of the molecule is O=C(O)C1c2ccccc2CC(=O)N1CCCF. The van der Waals surface area contributed by atoms with Gasteiger partial charge in [0.05, 0.1) is 13.1 Å². The molecule has 0 fully saturated rings. The van der Waals surface area contributed by atoms with Crippen molar-refractivity contribution in [3.8, 4) is 0 Å². The van der Waals surface area contributed by atoms with Gasteiger partial charge in [0.1, 0.15) is 0 Å². The van der Waals surface area contributed by atoms with Crippen LogP contribution in [0.5, 0.6) is 0 Å². The molecule has 1 aliphatic rings. The fraction of sp³-hybridized carbons (Fsp3) is 0.385. The number of carboxylic acid groups (broad SMARTS) is 1. The second-order valence-electron chi connectivity index (χ2n) is 4.25. The number of carbonyl (C=O) groups is 2. The Morgan fingerprint density at radius 3 is 2.83 bits per heavy atom. The van der Waals surface area contributed by atoms with E-state index in [4.69, 9.17) is 0 Å². The van der Waals surface area contributed by atoms with Crippen LogP contribution < -0.4 is 0 Å². The minimum atomic E-state index is -1.07. The predicted molar refractivity (Wildman–Crippen MR) is 62.8 cm³/mol. The number of amides is 1. The molecule has 0 spiro atoms. The molecule has 1 aromatic rings. The molecule has 5 heteroatoms. The highest BCUT2D eigenvalue weighted by Crippen LogP contribution is 2.30. The molecule has 4 nitrogen and oxygen atoms in total. The summed E-state index contributed by atoms with van der Waals surface area (Å²) in [6, 6.07) is 6.01. The van der Waals surface area contributed by atoms with Crippen molar-refractivity contribution in [3.63, 3.8) is 0 Å². The minimum absolute atomic E-state index is 0.140. The Hall–Kier alpha value is -1.91. The first-order chi connectivity index (χ1) is 8.65. The van der Waals surface area contributed by atoms with Crippen molar-refractivity contribution >= 4 is 11.9 Å². The summed E-state index contributed by atoms with van der Waals surface area (Å²) in [5, 5.41) is 9.28. The van der Waals surface area contributed by atoms with Crippen LogP contribution in [0.15, 0.2) is 24.3 Å². The van der Waals surface area contributed by atoms with Gasteiger partial charge in [-0.1, -0.05) is 24.3 Å². The molecule has 0 bridgehead atoms. The van der Waals surface area contributed by atoms with Crippen LogP contribution in [0.1, 0.15) is 23.6 Å². The number of alkyl halides is 1. The van der Waals surface area contributed by atoms with Crippen LogP contribution >= 0.6 is 0 Å². The molecule has 96 valence electrons. The Morgan fingerprint density at radius 2 is 2.17 bits per heavy atom. The van der Waals surface area contributed by atoms with Gasteiger partial charge in [0, 0.05) is 6.54 Å². The third-order valence-corrected chi connectivity index (χ3v) is 3.09. The summed E-state index contributed by atoms with van der Waals surface area (Å²) >= 11 is 0. The highest BCUT2D eigenvalue weighted by Gasteiger charge is 2.36. The molecule has 1 atom stereocenters. The third kappa shape index (κ3) is 2.20. The average molecular weight is 251 g/mol. The summed E-state index contributed by atoms with van der Waals surface area (Å²) in [4.78, 5) is 24.5. The van der Waals surface area contributed by atoms with Gasteiger partial charge >= 0.3 is 5.97 Å². The van der Waals surface area contributed by atoms with Gasteiger partial charge in [0.25, 0.3) is 0 Å². The second kappa shape index (κ2) is 5.16. The summed E-state index contributed by atoms with van der Waals surface area (Å²) in [6.45, 7) is -0.418. The minimum Gasteiger partial charge on any atom is -0.479 e. The largest absolute Gasteiger partial charge is 0.479 e. The number of aliphatic carboxylic acids is 1. The van der Waals surface area contributed by atoms with E-state index in [0.29, 0.717) is 5.56 Å². The van der Waals surface area contributed by atoms with Crippen molar-refractivity contribution in [1.29, 1.82) is 0 Å². The number of carbonyl (C=O) groups excluding carboxylic acids is 1. The average Bonchev–Trinajstić information content (AvgIpc) is 2.35. The smallest absolute Gasteiger partial charge is 0.331 e. The van der Waals surface area contributed by atoms with Crippen molar-refractivity contribution in [2.24, 2.45) is 0 Å². The van der Waals surface area contributed by atoms with E-state index in [1.807, 2.05) is 0 Å². The van der Waals surface area contributed by atoms with Crippen LogP contribution in [-0.2, 0) is 16.0 Å². The first kappa shape index (κ1) is 12.5. The highest BCUT2D eigenvalue weighted by atomic mass is 19.1. The first-order valence-electron chi connectivity index (χ1n) is 5.81. The van der Waals surface area contributed by atoms with E-state index < -0.39 is 18.7 Å². The fourth-order valence-electron chi connectivity index (χ4n) is 2.29. The van der Waals surface area contributed by atoms with Gasteiger partial charge in [-0.05, 0) is 17.5 Å². The molecule has 1 heterocycles. The maximum Gasteiger partial charge on any atom is 0.331 e. The molecule has 0 aliphatic carbocycles. The van der Waals surface area contributed by atoms with Gasteiger partial charge < -0.3 is 10.0 Å². The Morgan fingerprint density at radius 1 is 1.44 bits per heavy atom. The molecule has 0 aromatic heterocycles. The molecule has 18 heavy (non-hydrogen) atoms. The number of halogens is 1. The number of benzene rings is 1. The van der Waals surface area contributed by atoms with E-state index in [2.05, 4.69) is 0 Å². The van der Waals surface area contributed by atoms with Crippen molar-refractivity contribution in [1.82, 2.24) is 4.90 Å². The molecule has 1 amide bonds. The van der Waals surface area contributed by atoms with E-state index >= 15 is 0 Å². The van der Waals surface area contributed by atoms with Gasteiger partial charge in [0.2, 0.25) is 5.91 Å². The standard InChI is InChI=1S/C13H14FNO3/c14-6-3-7-15-11(16)8-9-4-1-2-5-10(9)12(15)13(17)18/h1-2,4-5,12H,3,6-8H2,(H,17,18). The maximum absolute atomic E-state index is 12.2. The summed E-state index contributed by atoms with van der Waals surface area (Å²) in [6.07, 6.45) is 0.351. The molecule has 1 N–H and O–H groups in total. The zero-order valence-electron chi connectivity index (χ0n) is 9.80. The van der Waals surface area contributed by atoms with Crippen LogP contribution in [0.3, 0.4) is 0 Å². The van der Waals surface area contributed by atoms with Crippen LogP contribution in [0, 0.1) is 0 Å². The summed E-state index contributed by atoms with van der Waals surface area (Å²) in [5.41, 5.74) is 1.37. The zero-order chi connectivity index (χ0) is 13.1. The lowest BCUT2D eigenvalue weighted by Gasteiger charge is -2.34. The Kier molecular flexibility index (Phi) is 3.60. The molecule has 0 saturated heterocycles. The normalized spacial score (nSPS) is 18.6. The van der Waals surface area contributed by atoms with Crippen LogP contribution in [0.2, 0.25) is 0 Å². The molecule has 0 radical (unpaired) electrons. The van der Waals surface area contributed by atoms with E-state index in [0.717, 1.165) is 5.56 Å². The number of rotatable bonds is 4. The monoisotopic (exact) mass is 251 g/mol. The Bertz CT molecular complexity index is 475. The molecule has 1 unspecified atom stereocenters. The molecule has 1 aliphatic heterocycles. The van der Waals surface area contributed by atoms with E-state index in [1.54, 1.807) is 24.3 Å². The number of carboxylic acids is 1.